The lowest BCUT2D eigenvalue weighted by Crippen LogP contribution is -2.41. The molecule has 1 aromatic carbocycles. The summed E-state index contributed by atoms with van der Waals surface area (Å²) in [6.07, 6.45) is 13.0. The van der Waals surface area contributed by atoms with E-state index in [2.05, 4.69) is 16.9 Å². The SMILES string of the molecule is CCCCCCCCc1cnc(-c2ccc(C(C)(C(=O)O)C(Cl)CC)cc2)nc1. The third-order valence-electron chi connectivity index (χ3n) is 5.70. The highest BCUT2D eigenvalue weighted by Gasteiger charge is 2.41. The maximum absolute atomic E-state index is 11.9. The summed E-state index contributed by atoms with van der Waals surface area (Å²) in [5.74, 6) is -0.263. The topological polar surface area (TPSA) is 63.1 Å². The Balaban J connectivity index is 2.02. The Morgan fingerprint density at radius 1 is 1.03 bits per heavy atom. The molecule has 4 nitrogen and oxygen atoms in total. The molecule has 0 fully saturated rings. The van der Waals surface area contributed by atoms with Gasteiger partial charge in [-0.05, 0) is 37.3 Å². The number of aromatic nitrogens is 2. The van der Waals surface area contributed by atoms with E-state index in [1.165, 1.54) is 38.5 Å². The third kappa shape index (κ3) is 6.02. The van der Waals surface area contributed by atoms with Crippen molar-refractivity contribution < 1.29 is 9.90 Å². The molecular weight excluding hydrogens is 384 g/mol. The van der Waals surface area contributed by atoms with Crippen molar-refractivity contribution in [1.82, 2.24) is 9.97 Å². The third-order valence-corrected chi connectivity index (χ3v) is 6.44. The van der Waals surface area contributed by atoms with Gasteiger partial charge >= 0.3 is 5.97 Å². The fourth-order valence-corrected chi connectivity index (χ4v) is 3.77. The van der Waals surface area contributed by atoms with Crippen molar-refractivity contribution in [2.75, 3.05) is 0 Å². The van der Waals surface area contributed by atoms with Crippen LogP contribution in [-0.4, -0.2) is 26.4 Å². The van der Waals surface area contributed by atoms with Crippen LogP contribution in [0.4, 0.5) is 0 Å². The van der Waals surface area contributed by atoms with Crippen molar-refractivity contribution >= 4 is 17.6 Å². The number of benzene rings is 1. The molecule has 0 amide bonds. The van der Waals surface area contributed by atoms with Crippen molar-refractivity contribution in [2.45, 2.75) is 82.9 Å². The van der Waals surface area contributed by atoms with Crippen molar-refractivity contribution in [3.8, 4) is 11.4 Å². The number of halogens is 1. The van der Waals surface area contributed by atoms with E-state index in [0.717, 1.165) is 17.5 Å². The summed E-state index contributed by atoms with van der Waals surface area (Å²) in [6, 6.07) is 7.39. The molecule has 29 heavy (non-hydrogen) atoms. The summed E-state index contributed by atoms with van der Waals surface area (Å²) in [4.78, 5) is 20.9. The number of aliphatic carboxylic acids is 1. The number of carboxylic acid groups (broad SMARTS) is 1. The number of nitrogens with zero attached hydrogens (tertiary/aromatic N) is 2. The van der Waals surface area contributed by atoms with Crippen molar-refractivity contribution in [3.05, 3.63) is 47.8 Å². The molecule has 2 atom stereocenters. The second-order valence-electron chi connectivity index (χ2n) is 7.89. The van der Waals surface area contributed by atoms with E-state index in [0.29, 0.717) is 17.8 Å². The molecule has 0 aliphatic rings. The molecule has 2 unspecified atom stereocenters. The van der Waals surface area contributed by atoms with E-state index < -0.39 is 16.8 Å². The first-order chi connectivity index (χ1) is 13.9. The number of carbonyl (C=O) groups is 1. The number of hydrogen-bond donors (Lipinski definition) is 1. The van der Waals surface area contributed by atoms with Crippen LogP contribution in [0.15, 0.2) is 36.7 Å². The van der Waals surface area contributed by atoms with Gasteiger partial charge in [-0.2, -0.15) is 0 Å². The average molecular weight is 417 g/mol. The predicted octanol–water partition coefficient (Wildman–Crippen LogP) is 6.41. The molecule has 0 saturated heterocycles. The zero-order chi connectivity index (χ0) is 21.3. The quantitative estimate of drug-likeness (QED) is 0.321. The van der Waals surface area contributed by atoms with Gasteiger partial charge in [0.1, 0.15) is 5.41 Å². The minimum atomic E-state index is -1.13. The van der Waals surface area contributed by atoms with Crippen LogP contribution in [0.5, 0.6) is 0 Å². The molecule has 1 aromatic heterocycles. The van der Waals surface area contributed by atoms with Crippen LogP contribution in [0.1, 0.15) is 76.8 Å². The smallest absolute Gasteiger partial charge is 0.315 e. The average Bonchev–Trinajstić information content (AvgIpc) is 2.75. The van der Waals surface area contributed by atoms with Crippen LogP contribution in [0, 0.1) is 0 Å². The molecule has 0 spiro atoms. The largest absolute Gasteiger partial charge is 0.481 e. The molecule has 5 heteroatoms. The van der Waals surface area contributed by atoms with Crippen molar-refractivity contribution in [2.24, 2.45) is 0 Å². The van der Waals surface area contributed by atoms with Crippen molar-refractivity contribution in [1.29, 1.82) is 0 Å². The Morgan fingerprint density at radius 2 is 1.62 bits per heavy atom. The van der Waals surface area contributed by atoms with Gasteiger partial charge in [0.2, 0.25) is 0 Å². The Morgan fingerprint density at radius 3 is 2.17 bits per heavy atom. The molecule has 1 heterocycles. The lowest BCUT2D eigenvalue weighted by atomic mass is 9.78. The maximum Gasteiger partial charge on any atom is 0.315 e. The highest BCUT2D eigenvalue weighted by molar-refractivity contribution is 6.23. The van der Waals surface area contributed by atoms with Gasteiger partial charge < -0.3 is 5.11 Å². The molecule has 0 radical (unpaired) electrons. The zero-order valence-electron chi connectivity index (χ0n) is 17.8. The number of alkyl halides is 1. The first-order valence-corrected chi connectivity index (χ1v) is 11.2. The van der Waals surface area contributed by atoms with E-state index in [1.807, 2.05) is 43.6 Å². The molecule has 2 aromatic rings. The van der Waals surface area contributed by atoms with Gasteiger partial charge in [-0.15, -0.1) is 11.6 Å². The van der Waals surface area contributed by atoms with Crippen molar-refractivity contribution in [3.63, 3.8) is 0 Å². The van der Waals surface area contributed by atoms with Gasteiger partial charge in [0.15, 0.2) is 5.82 Å². The molecule has 1 N–H and O–H groups in total. The Hall–Kier alpha value is -1.94. The Bertz CT molecular complexity index is 761. The second-order valence-corrected chi connectivity index (χ2v) is 8.42. The number of carboxylic acids is 1. The Labute approximate surface area is 179 Å². The fourth-order valence-electron chi connectivity index (χ4n) is 3.55. The molecule has 0 saturated carbocycles. The molecule has 0 aliphatic carbocycles. The van der Waals surface area contributed by atoms with Gasteiger partial charge in [-0.25, -0.2) is 9.97 Å². The Kier molecular flexibility index (Phi) is 9.09. The second kappa shape index (κ2) is 11.3. The highest BCUT2D eigenvalue weighted by Crippen LogP contribution is 2.34. The van der Waals surface area contributed by atoms with E-state index in [9.17, 15) is 9.90 Å². The van der Waals surface area contributed by atoms with Gasteiger partial charge in [-0.3, -0.25) is 4.79 Å². The summed E-state index contributed by atoms with van der Waals surface area (Å²) in [6.45, 7) is 5.81. The number of rotatable bonds is 12. The standard InChI is InChI=1S/C24H33ClN2O2/c1-4-6-7-8-9-10-11-18-16-26-22(27-17-18)19-12-14-20(15-13-19)24(3,23(28)29)21(25)5-2/h12-17,21H,4-11H2,1-3H3,(H,28,29). The number of hydrogen-bond acceptors (Lipinski definition) is 3. The highest BCUT2D eigenvalue weighted by atomic mass is 35.5. The van der Waals surface area contributed by atoms with E-state index in [1.54, 1.807) is 6.92 Å². The molecule has 0 bridgehead atoms. The van der Waals surface area contributed by atoms with Crippen LogP contribution in [0.2, 0.25) is 0 Å². The lowest BCUT2D eigenvalue weighted by Gasteiger charge is -2.29. The summed E-state index contributed by atoms with van der Waals surface area (Å²) >= 11 is 6.35. The number of aryl methyl sites for hydroxylation is 1. The maximum atomic E-state index is 11.9. The first kappa shape index (κ1) is 23.3. The van der Waals surface area contributed by atoms with Crippen LogP contribution >= 0.6 is 11.6 Å². The number of unbranched alkanes of at least 4 members (excludes halogenated alkanes) is 5. The minimum absolute atomic E-state index is 0.483. The first-order valence-electron chi connectivity index (χ1n) is 10.7. The monoisotopic (exact) mass is 416 g/mol. The molecule has 2 rings (SSSR count). The van der Waals surface area contributed by atoms with Crippen LogP contribution in [0.25, 0.3) is 11.4 Å². The van der Waals surface area contributed by atoms with E-state index >= 15 is 0 Å². The minimum Gasteiger partial charge on any atom is -0.481 e. The summed E-state index contributed by atoms with van der Waals surface area (Å²) in [5, 5.41) is 9.24. The van der Waals surface area contributed by atoms with Gasteiger partial charge in [0.05, 0.1) is 5.38 Å². The van der Waals surface area contributed by atoms with Crippen LogP contribution < -0.4 is 0 Å². The van der Waals surface area contributed by atoms with Gasteiger partial charge in [-0.1, -0.05) is 70.2 Å². The zero-order valence-corrected chi connectivity index (χ0v) is 18.6. The predicted molar refractivity (Wildman–Crippen MR) is 119 cm³/mol. The fraction of sp³-hybridized carbons (Fsp3) is 0.542. The molecule has 0 aliphatic heterocycles. The summed E-state index contributed by atoms with van der Waals surface area (Å²) in [7, 11) is 0. The lowest BCUT2D eigenvalue weighted by molar-refractivity contribution is -0.143. The van der Waals surface area contributed by atoms with Crippen LogP contribution in [0.3, 0.4) is 0 Å². The van der Waals surface area contributed by atoms with Gasteiger partial charge in [0.25, 0.3) is 0 Å². The van der Waals surface area contributed by atoms with E-state index in [4.69, 9.17) is 11.6 Å². The molecular formula is C24H33ClN2O2. The van der Waals surface area contributed by atoms with E-state index in [-0.39, 0.29) is 0 Å². The summed E-state index contributed by atoms with van der Waals surface area (Å²) in [5.41, 5.74) is 1.59. The van der Waals surface area contributed by atoms with Crippen LogP contribution in [-0.2, 0) is 16.6 Å². The van der Waals surface area contributed by atoms with Gasteiger partial charge in [0, 0.05) is 18.0 Å². The molecule has 158 valence electrons. The normalized spacial score (nSPS) is 14.3. The summed E-state index contributed by atoms with van der Waals surface area (Å²) < 4.78 is 0.